The summed E-state index contributed by atoms with van der Waals surface area (Å²) in [5, 5.41) is 13.2. The first-order chi connectivity index (χ1) is 9.11. The highest BCUT2D eigenvalue weighted by Crippen LogP contribution is 2.31. The number of rotatable bonds is 6. The summed E-state index contributed by atoms with van der Waals surface area (Å²) in [6, 6.07) is 0. The molecule has 0 saturated heterocycles. The van der Waals surface area contributed by atoms with Crippen LogP contribution in [0.2, 0.25) is 0 Å². The molecule has 7 heteroatoms. The lowest BCUT2D eigenvalue weighted by molar-refractivity contribution is -0.149. The highest BCUT2D eigenvalue weighted by atomic mass is 16.5. The predicted molar refractivity (Wildman–Crippen MR) is 66.2 cm³/mol. The normalized spacial score (nSPS) is 11.7. The zero-order valence-electron chi connectivity index (χ0n) is 10.9. The third kappa shape index (κ3) is 2.49. The maximum Gasteiger partial charge on any atom is 0.310 e. The summed E-state index contributed by atoms with van der Waals surface area (Å²) in [5.41, 5.74) is -0.854. The molecule has 0 saturated carbocycles. The maximum atomic E-state index is 11.4. The molecule has 19 heavy (non-hydrogen) atoms. The Kier molecular flexibility index (Phi) is 3.64. The van der Waals surface area contributed by atoms with Crippen LogP contribution in [0, 0.1) is 5.41 Å². The summed E-state index contributed by atoms with van der Waals surface area (Å²) >= 11 is 0. The summed E-state index contributed by atoms with van der Waals surface area (Å²) in [7, 11) is 0. The molecule has 2 N–H and O–H groups in total. The average Bonchev–Trinajstić information content (AvgIpc) is 3.06. The fourth-order valence-electron chi connectivity index (χ4n) is 1.98. The van der Waals surface area contributed by atoms with Crippen LogP contribution in [0.1, 0.15) is 32.6 Å². The first-order valence-corrected chi connectivity index (χ1v) is 6.17. The Morgan fingerprint density at radius 3 is 2.74 bits per heavy atom. The summed E-state index contributed by atoms with van der Waals surface area (Å²) in [4.78, 5) is 22.5. The van der Waals surface area contributed by atoms with Crippen molar-refractivity contribution in [3.63, 3.8) is 0 Å². The van der Waals surface area contributed by atoms with Crippen molar-refractivity contribution in [1.82, 2.24) is 20.1 Å². The minimum Gasteiger partial charge on any atom is -0.481 e. The van der Waals surface area contributed by atoms with Gasteiger partial charge in [-0.25, -0.2) is 4.98 Å². The Bertz CT molecular complexity index is 543. The van der Waals surface area contributed by atoms with E-state index in [-0.39, 0.29) is 6.42 Å². The molecule has 0 aromatic carbocycles. The molecule has 2 rings (SSSR count). The van der Waals surface area contributed by atoms with E-state index in [1.54, 1.807) is 12.4 Å². The molecular weight excluding hydrogens is 248 g/mol. The topological polar surface area (TPSA) is 105 Å². The second-order valence-electron chi connectivity index (χ2n) is 4.42. The van der Waals surface area contributed by atoms with Crippen LogP contribution in [0.3, 0.4) is 0 Å². The first kappa shape index (κ1) is 13.3. The van der Waals surface area contributed by atoms with Gasteiger partial charge in [-0.2, -0.15) is 4.98 Å². The molecule has 7 nitrogen and oxygen atoms in total. The van der Waals surface area contributed by atoms with Crippen LogP contribution < -0.4 is 0 Å². The minimum atomic E-state index is -0.854. The number of carboxylic acids is 1. The molecule has 0 aliphatic rings. The molecule has 102 valence electrons. The number of nitrogens with zero attached hydrogens (tertiary/aromatic N) is 3. The molecule has 0 atom stereocenters. The van der Waals surface area contributed by atoms with Gasteiger partial charge in [0.2, 0.25) is 11.7 Å². The summed E-state index contributed by atoms with van der Waals surface area (Å²) < 4.78 is 5.11. The van der Waals surface area contributed by atoms with Gasteiger partial charge in [0.25, 0.3) is 0 Å². The van der Waals surface area contributed by atoms with Crippen molar-refractivity contribution in [2.45, 2.75) is 33.1 Å². The molecular formula is C12H16N4O3. The van der Waals surface area contributed by atoms with E-state index < -0.39 is 11.4 Å². The molecule has 0 radical (unpaired) electrons. The second-order valence-corrected chi connectivity index (χ2v) is 4.42. The third-order valence-corrected chi connectivity index (χ3v) is 3.47. The highest BCUT2D eigenvalue weighted by Gasteiger charge is 2.37. The molecule has 2 heterocycles. The SMILES string of the molecule is CCC(CC)(Cc1nc(-c2ncc[nH]2)no1)C(=O)O. The lowest BCUT2D eigenvalue weighted by Gasteiger charge is -2.24. The van der Waals surface area contributed by atoms with Gasteiger partial charge in [0.15, 0.2) is 5.82 Å². The number of imidazole rings is 1. The largest absolute Gasteiger partial charge is 0.481 e. The van der Waals surface area contributed by atoms with Gasteiger partial charge in [-0.3, -0.25) is 4.79 Å². The monoisotopic (exact) mass is 264 g/mol. The van der Waals surface area contributed by atoms with Gasteiger partial charge in [0.05, 0.1) is 5.41 Å². The van der Waals surface area contributed by atoms with E-state index in [0.29, 0.717) is 30.4 Å². The fourth-order valence-corrected chi connectivity index (χ4v) is 1.98. The molecule has 0 aliphatic heterocycles. The van der Waals surface area contributed by atoms with E-state index in [2.05, 4.69) is 20.1 Å². The van der Waals surface area contributed by atoms with E-state index in [1.165, 1.54) is 0 Å². The quantitative estimate of drug-likeness (QED) is 0.825. The lowest BCUT2D eigenvalue weighted by atomic mass is 9.79. The number of H-pyrrole nitrogens is 1. The van der Waals surface area contributed by atoms with Crippen molar-refractivity contribution in [2.75, 3.05) is 0 Å². The van der Waals surface area contributed by atoms with Crippen molar-refractivity contribution >= 4 is 5.97 Å². The van der Waals surface area contributed by atoms with Gasteiger partial charge < -0.3 is 14.6 Å². The average molecular weight is 264 g/mol. The van der Waals surface area contributed by atoms with Crippen molar-refractivity contribution in [3.05, 3.63) is 18.3 Å². The first-order valence-electron chi connectivity index (χ1n) is 6.17. The number of aromatic amines is 1. The Labute approximate surface area is 110 Å². The van der Waals surface area contributed by atoms with Crippen molar-refractivity contribution in [3.8, 4) is 11.6 Å². The Morgan fingerprint density at radius 1 is 1.47 bits per heavy atom. The Balaban J connectivity index is 2.22. The van der Waals surface area contributed by atoms with Gasteiger partial charge in [-0.15, -0.1) is 0 Å². The van der Waals surface area contributed by atoms with Crippen LogP contribution in [0.25, 0.3) is 11.6 Å². The second kappa shape index (κ2) is 5.21. The Morgan fingerprint density at radius 2 is 2.21 bits per heavy atom. The van der Waals surface area contributed by atoms with Crippen molar-refractivity contribution in [1.29, 1.82) is 0 Å². The standard InChI is InChI=1S/C12H16N4O3/c1-3-12(4-2,11(17)18)7-8-15-10(16-19-8)9-13-5-6-14-9/h5-6H,3-4,7H2,1-2H3,(H,13,14)(H,17,18). The predicted octanol–water partition coefficient (Wildman–Crippen LogP) is 1.89. The number of carbonyl (C=O) groups is 1. The van der Waals surface area contributed by atoms with E-state index in [1.807, 2.05) is 13.8 Å². The highest BCUT2D eigenvalue weighted by molar-refractivity contribution is 5.74. The molecule has 2 aromatic rings. The molecule has 0 bridgehead atoms. The van der Waals surface area contributed by atoms with Crippen LogP contribution in [0.5, 0.6) is 0 Å². The number of carboxylic acid groups (broad SMARTS) is 1. The summed E-state index contributed by atoms with van der Waals surface area (Å²) in [6.07, 6.45) is 4.49. The van der Waals surface area contributed by atoms with Crippen LogP contribution in [-0.4, -0.2) is 31.2 Å². The van der Waals surface area contributed by atoms with Crippen LogP contribution >= 0.6 is 0 Å². The van der Waals surface area contributed by atoms with E-state index in [4.69, 9.17) is 4.52 Å². The van der Waals surface area contributed by atoms with Crippen molar-refractivity contribution in [2.24, 2.45) is 5.41 Å². The van der Waals surface area contributed by atoms with Gasteiger partial charge >= 0.3 is 5.97 Å². The van der Waals surface area contributed by atoms with Gasteiger partial charge in [-0.1, -0.05) is 19.0 Å². The summed E-state index contributed by atoms with van der Waals surface area (Å²) in [6.45, 7) is 3.70. The fraction of sp³-hybridized carbons (Fsp3) is 0.500. The number of hydrogen-bond acceptors (Lipinski definition) is 5. The van der Waals surface area contributed by atoms with Crippen LogP contribution in [-0.2, 0) is 11.2 Å². The number of aromatic nitrogens is 4. The zero-order chi connectivity index (χ0) is 13.9. The Hall–Kier alpha value is -2.18. The maximum absolute atomic E-state index is 11.4. The number of aliphatic carboxylic acids is 1. The van der Waals surface area contributed by atoms with Crippen LogP contribution in [0.4, 0.5) is 0 Å². The third-order valence-electron chi connectivity index (χ3n) is 3.47. The van der Waals surface area contributed by atoms with E-state index >= 15 is 0 Å². The lowest BCUT2D eigenvalue weighted by Crippen LogP contribution is -2.32. The number of hydrogen-bond donors (Lipinski definition) is 2. The van der Waals surface area contributed by atoms with E-state index in [0.717, 1.165) is 0 Å². The molecule has 2 aromatic heterocycles. The van der Waals surface area contributed by atoms with Crippen molar-refractivity contribution < 1.29 is 14.4 Å². The molecule has 0 aliphatic carbocycles. The minimum absolute atomic E-state index is 0.225. The number of nitrogens with one attached hydrogen (secondary N) is 1. The molecule has 0 spiro atoms. The van der Waals surface area contributed by atoms with E-state index in [9.17, 15) is 9.90 Å². The summed E-state index contributed by atoms with van der Waals surface area (Å²) in [5.74, 6) is 0.322. The molecule has 0 unspecified atom stereocenters. The van der Waals surface area contributed by atoms with Gasteiger partial charge in [-0.05, 0) is 12.8 Å². The molecule has 0 amide bonds. The van der Waals surface area contributed by atoms with Gasteiger partial charge in [0.1, 0.15) is 0 Å². The van der Waals surface area contributed by atoms with Crippen LogP contribution in [0.15, 0.2) is 16.9 Å². The molecule has 0 fully saturated rings. The van der Waals surface area contributed by atoms with Gasteiger partial charge in [0, 0.05) is 18.8 Å². The zero-order valence-corrected chi connectivity index (χ0v) is 10.9. The smallest absolute Gasteiger partial charge is 0.310 e.